The number of rotatable bonds is 10. The summed E-state index contributed by atoms with van der Waals surface area (Å²) in [6.07, 6.45) is 2.84. The summed E-state index contributed by atoms with van der Waals surface area (Å²) in [6.45, 7) is 6.24. The van der Waals surface area contributed by atoms with Gasteiger partial charge in [-0.1, -0.05) is 57.2 Å². The minimum absolute atomic E-state index is 0.0152. The van der Waals surface area contributed by atoms with Gasteiger partial charge in [-0.25, -0.2) is 9.37 Å². The Labute approximate surface area is 200 Å². The summed E-state index contributed by atoms with van der Waals surface area (Å²) in [7, 11) is 1.56. The number of ether oxygens (including phenoxy) is 1. The monoisotopic (exact) mass is 462 g/mol. The summed E-state index contributed by atoms with van der Waals surface area (Å²) in [4.78, 5) is 30.7. The minimum atomic E-state index is -0.439. The Balaban J connectivity index is 1.73. The van der Waals surface area contributed by atoms with Gasteiger partial charge in [0.1, 0.15) is 5.82 Å². The third kappa shape index (κ3) is 6.07. The average molecular weight is 463 g/mol. The molecule has 3 aromatic rings. The Morgan fingerprint density at radius 1 is 1.06 bits per heavy atom. The Bertz CT molecular complexity index is 1140. The molecule has 5 nitrogen and oxygen atoms in total. The van der Waals surface area contributed by atoms with Crippen LogP contribution >= 0.6 is 0 Å². The number of anilines is 1. The molecule has 1 aromatic heterocycles. The summed E-state index contributed by atoms with van der Waals surface area (Å²) >= 11 is 0. The second kappa shape index (κ2) is 11.5. The highest BCUT2D eigenvalue weighted by Crippen LogP contribution is 2.28. The number of hydrogen-bond acceptors (Lipinski definition) is 4. The van der Waals surface area contributed by atoms with Crippen LogP contribution in [0, 0.1) is 11.7 Å². The lowest BCUT2D eigenvalue weighted by Crippen LogP contribution is -2.34. The average Bonchev–Trinajstić information content (AvgIpc) is 2.85. The molecule has 178 valence electrons. The number of methoxy groups -OCH3 is 1. The maximum Gasteiger partial charge on any atom is 0.226 e. The molecule has 0 unspecified atom stereocenters. The first-order valence-electron chi connectivity index (χ1n) is 11.6. The molecule has 0 aliphatic heterocycles. The fourth-order valence-electron chi connectivity index (χ4n) is 3.84. The van der Waals surface area contributed by atoms with E-state index in [-0.39, 0.29) is 17.6 Å². The van der Waals surface area contributed by atoms with Crippen molar-refractivity contribution >= 4 is 17.4 Å². The second-order valence-electron chi connectivity index (χ2n) is 8.59. The first-order chi connectivity index (χ1) is 16.3. The summed E-state index contributed by atoms with van der Waals surface area (Å²) in [5.74, 6) is 0.224. The van der Waals surface area contributed by atoms with Crippen molar-refractivity contribution in [3.8, 4) is 17.0 Å². The van der Waals surface area contributed by atoms with Crippen molar-refractivity contribution < 1.29 is 18.7 Å². The van der Waals surface area contributed by atoms with Gasteiger partial charge >= 0.3 is 0 Å². The standard InChI is InChI=1S/C28H31FN2O3/c1-5-27(33)31(18-19(2)3)25-14-12-23(17-24(25)29)20-8-10-21(11-9-20)26(32)15-13-22-7-6-16-30-28(22)34-4/h6-12,14,16-17,19H,5,13,15,18H2,1-4H3. The van der Waals surface area contributed by atoms with Crippen molar-refractivity contribution in [2.24, 2.45) is 5.92 Å². The van der Waals surface area contributed by atoms with Gasteiger partial charge in [-0.3, -0.25) is 9.59 Å². The molecule has 0 fully saturated rings. The third-order valence-corrected chi connectivity index (χ3v) is 5.59. The zero-order valence-corrected chi connectivity index (χ0v) is 20.2. The van der Waals surface area contributed by atoms with Crippen LogP contribution in [0.3, 0.4) is 0 Å². The van der Waals surface area contributed by atoms with Gasteiger partial charge in [0.05, 0.1) is 12.8 Å². The van der Waals surface area contributed by atoms with E-state index in [1.807, 2.05) is 38.1 Å². The quantitative estimate of drug-likeness (QED) is 0.341. The number of amides is 1. The van der Waals surface area contributed by atoms with Gasteiger partial charge in [0, 0.05) is 36.7 Å². The van der Waals surface area contributed by atoms with Crippen molar-refractivity contribution in [3.05, 3.63) is 77.7 Å². The van der Waals surface area contributed by atoms with Crippen molar-refractivity contribution in [3.63, 3.8) is 0 Å². The second-order valence-corrected chi connectivity index (χ2v) is 8.59. The van der Waals surface area contributed by atoms with Crippen LogP contribution in [0.2, 0.25) is 0 Å². The highest BCUT2D eigenvalue weighted by Gasteiger charge is 2.19. The number of carbonyl (C=O) groups is 2. The van der Waals surface area contributed by atoms with E-state index in [0.717, 1.165) is 11.1 Å². The number of hydrogen-bond donors (Lipinski definition) is 0. The van der Waals surface area contributed by atoms with Gasteiger partial charge in [-0.05, 0) is 41.7 Å². The van der Waals surface area contributed by atoms with Crippen molar-refractivity contribution in [2.45, 2.75) is 40.0 Å². The Morgan fingerprint density at radius 2 is 1.76 bits per heavy atom. The van der Waals surface area contributed by atoms with E-state index in [9.17, 15) is 9.59 Å². The SMILES string of the molecule is CCC(=O)N(CC(C)C)c1ccc(-c2ccc(C(=O)CCc3cccnc3OC)cc2)cc1F. The molecule has 1 amide bonds. The maximum absolute atomic E-state index is 15.0. The van der Waals surface area contributed by atoms with Gasteiger partial charge < -0.3 is 9.64 Å². The molecule has 0 aliphatic carbocycles. The van der Waals surface area contributed by atoms with E-state index < -0.39 is 5.82 Å². The van der Waals surface area contributed by atoms with E-state index in [4.69, 9.17) is 4.74 Å². The Hall–Kier alpha value is -3.54. The van der Waals surface area contributed by atoms with E-state index in [2.05, 4.69) is 4.98 Å². The number of aryl methyl sites for hydroxylation is 1. The predicted octanol–water partition coefficient (Wildman–Crippen LogP) is 6.11. The van der Waals surface area contributed by atoms with E-state index >= 15 is 4.39 Å². The van der Waals surface area contributed by atoms with Crippen LogP contribution in [-0.4, -0.2) is 30.3 Å². The molecule has 0 saturated carbocycles. The largest absolute Gasteiger partial charge is 0.481 e. The van der Waals surface area contributed by atoms with E-state index in [0.29, 0.717) is 48.5 Å². The molecule has 0 bridgehead atoms. The molecule has 0 radical (unpaired) electrons. The van der Waals surface area contributed by atoms with Crippen LogP contribution in [0.15, 0.2) is 60.8 Å². The number of nitrogens with zero attached hydrogens (tertiary/aromatic N) is 2. The molecular weight excluding hydrogens is 431 g/mol. The first-order valence-corrected chi connectivity index (χ1v) is 11.6. The highest BCUT2D eigenvalue weighted by atomic mass is 19.1. The lowest BCUT2D eigenvalue weighted by molar-refractivity contribution is -0.118. The molecular formula is C28H31FN2O3. The Morgan fingerprint density at radius 3 is 2.38 bits per heavy atom. The maximum atomic E-state index is 15.0. The molecule has 3 rings (SSSR count). The fourth-order valence-corrected chi connectivity index (χ4v) is 3.84. The minimum Gasteiger partial charge on any atom is -0.481 e. The summed E-state index contributed by atoms with van der Waals surface area (Å²) < 4.78 is 20.2. The Kier molecular flexibility index (Phi) is 8.52. The summed E-state index contributed by atoms with van der Waals surface area (Å²) in [5.41, 5.74) is 3.27. The fraction of sp³-hybridized carbons (Fsp3) is 0.321. The van der Waals surface area contributed by atoms with Crippen molar-refractivity contribution in [1.29, 1.82) is 0 Å². The van der Waals surface area contributed by atoms with E-state index in [1.54, 1.807) is 44.5 Å². The van der Waals surface area contributed by atoms with Gasteiger partial charge in [-0.15, -0.1) is 0 Å². The number of aromatic nitrogens is 1. The number of Topliss-reactive ketones (excluding diaryl/α,β-unsaturated/α-hetero) is 1. The van der Waals surface area contributed by atoms with Gasteiger partial charge in [0.2, 0.25) is 11.8 Å². The number of benzene rings is 2. The zero-order chi connectivity index (χ0) is 24.7. The van der Waals surface area contributed by atoms with Crippen LogP contribution in [0.25, 0.3) is 11.1 Å². The lowest BCUT2D eigenvalue weighted by Gasteiger charge is -2.25. The van der Waals surface area contributed by atoms with Crippen LogP contribution in [0.1, 0.15) is 49.5 Å². The predicted molar refractivity (Wildman–Crippen MR) is 133 cm³/mol. The molecule has 0 saturated heterocycles. The molecule has 6 heteroatoms. The number of pyridine rings is 1. The molecule has 0 atom stereocenters. The summed E-state index contributed by atoms with van der Waals surface area (Å²) in [5, 5.41) is 0. The molecule has 1 heterocycles. The van der Waals surface area contributed by atoms with Crippen LogP contribution in [0.4, 0.5) is 10.1 Å². The number of ketones is 1. The molecule has 0 aliphatic rings. The lowest BCUT2D eigenvalue weighted by atomic mass is 9.99. The van der Waals surface area contributed by atoms with E-state index in [1.165, 1.54) is 11.0 Å². The number of carbonyl (C=O) groups excluding carboxylic acids is 2. The number of halogens is 1. The topological polar surface area (TPSA) is 59.5 Å². The molecule has 0 spiro atoms. The highest BCUT2D eigenvalue weighted by molar-refractivity contribution is 5.97. The van der Waals surface area contributed by atoms with Crippen LogP contribution in [-0.2, 0) is 11.2 Å². The van der Waals surface area contributed by atoms with Gasteiger partial charge in [-0.2, -0.15) is 0 Å². The van der Waals surface area contributed by atoms with Crippen LogP contribution < -0.4 is 9.64 Å². The smallest absolute Gasteiger partial charge is 0.226 e. The van der Waals surface area contributed by atoms with Gasteiger partial charge in [0.15, 0.2) is 5.78 Å². The normalized spacial score (nSPS) is 10.9. The third-order valence-electron chi connectivity index (χ3n) is 5.59. The molecule has 2 aromatic carbocycles. The summed E-state index contributed by atoms with van der Waals surface area (Å²) in [6, 6.07) is 15.8. The van der Waals surface area contributed by atoms with Gasteiger partial charge in [0.25, 0.3) is 0 Å². The molecule has 34 heavy (non-hydrogen) atoms. The first kappa shape index (κ1) is 25.1. The van der Waals surface area contributed by atoms with Crippen LogP contribution in [0.5, 0.6) is 5.88 Å². The molecule has 0 N–H and O–H groups in total. The van der Waals surface area contributed by atoms with Crippen molar-refractivity contribution in [2.75, 3.05) is 18.6 Å². The van der Waals surface area contributed by atoms with Crippen molar-refractivity contribution in [1.82, 2.24) is 4.98 Å². The zero-order valence-electron chi connectivity index (χ0n) is 20.2.